The molecule has 1 aliphatic rings. The van der Waals surface area contributed by atoms with Gasteiger partial charge in [-0.1, -0.05) is 6.42 Å². The normalized spacial score (nSPS) is 20.0. The Morgan fingerprint density at radius 1 is 1.14 bits per heavy atom. The Morgan fingerprint density at radius 2 is 1.71 bits per heavy atom. The first-order chi connectivity index (χ1) is 6.61. The highest BCUT2D eigenvalue weighted by atomic mass is 16.6. The van der Waals surface area contributed by atoms with Crippen LogP contribution in [-0.2, 0) is 9.53 Å². The number of carbonyl (C=O) groups excluding carboxylic acids is 2. The van der Waals surface area contributed by atoms with Gasteiger partial charge in [-0.2, -0.15) is 0 Å². The quantitative estimate of drug-likeness (QED) is 0.635. The highest BCUT2D eigenvalue weighted by molar-refractivity contribution is 5.81. The summed E-state index contributed by atoms with van der Waals surface area (Å²) in [5.41, 5.74) is 9.94. The second-order valence-corrected chi connectivity index (χ2v) is 3.29. The molecule has 0 aromatic carbocycles. The number of nitrogens with two attached hydrogens (primary N) is 2. The molecule has 0 saturated carbocycles. The number of piperidine rings is 1. The first-order valence-corrected chi connectivity index (χ1v) is 4.60. The maximum absolute atomic E-state index is 11.0. The Kier molecular flexibility index (Phi) is 3.70. The van der Waals surface area contributed by atoms with Crippen molar-refractivity contribution in [3.8, 4) is 0 Å². The van der Waals surface area contributed by atoms with Gasteiger partial charge in [-0.15, -0.1) is 0 Å². The van der Waals surface area contributed by atoms with E-state index in [-0.39, 0.29) is 0 Å². The lowest BCUT2D eigenvalue weighted by molar-refractivity contribution is -0.137. The molecule has 1 atom stereocenters. The molecule has 1 rings (SSSR count). The van der Waals surface area contributed by atoms with Gasteiger partial charge in [0.25, 0.3) is 5.91 Å². The van der Waals surface area contributed by atoms with Crippen LogP contribution >= 0.6 is 0 Å². The van der Waals surface area contributed by atoms with Crippen molar-refractivity contribution in [2.75, 3.05) is 13.1 Å². The predicted molar refractivity (Wildman–Crippen MR) is 49.1 cm³/mol. The number of hydrogen-bond donors (Lipinski definition) is 2. The highest BCUT2D eigenvalue weighted by Gasteiger charge is 2.27. The zero-order chi connectivity index (χ0) is 10.6. The van der Waals surface area contributed by atoms with Gasteiger partial charge in [0.2, 0.25) is 6.23 Å². The monoisotopic (exact) mass is 201 g/mol. The number of hydrogen-bond acceptors (Lipinski definition) is 4. The van der Waals surface area contributed by atoms with Crippen molar-refractivity contribution in [2.45, 2.75) is 25.5 Å². The standard InChI is InChI=1S/C8H15N3O3/c9-6(12)7(14-8(10)13)11-4-2-1-3-5-11/h7H,1-5H2,(H2,9,12)(H2,10,13). The zero-order valence-electron chi connectivity index (χ0n) is 7.94. The van der Waals surface area contributed by atoms with Gasteiger partial charge in [-0.3, -0.25) is 9.69 Å². The third-order valence-corrected chi connectivity index (χ3v) is 2.19. The molecule has 1 aliphatic heterocycles. The Balaban J connectivity index is 2.56. The van der Waals surface area contributed by atoms with Crippen LogP contribution in [0.5, 0.6) is 0 Å². The summed E-state index contributed by atoms with van der Waals surface area (Å²) >= 11 is 0. The Labute approximate surface area is 82.2 Å². The molecule has 80 valence electrons. The van der Waals surface area contributed by atoms with E-state index in [1.165, 1.54) is 0 Å². The summed E-state index contributed by atoms with van der Waals surface area (Å²) in [4.78, 5) is 23.2. The van der Waals surface area contributed by atoms with E-state index in [1.807, 2.05) is 0 Å². The van der Waals surface area contributed by atoms with Crippen molar-refractivity contribution in [1.82, 2.24) is 4.90 Å². The molecule has 2 amide bonds. The zero-order valence-corrected chi connectivity index (χ0v) is 7.94. The van der Waals surface area contributed by atoms with E-state index in [0.717, 1.165) is 19.3 Å². The van der Waals surface area contributed by atoms with Crippen molar-refractivity contribution in [3.05, 3.63) is 0 Å². The van der Waals surface area contributed by atoms with Crippen LogP contribution in [0.3, 0.4) is 0 Å². The van der Waals surface area contributed by atoms with E-state index in [1.54, 1.807) is 4.90 Å². The molecule has 0 bridgehead atoms. The summed E-state index contributed by atoms with van der Waals surface area (Å²) in [6, 6.07) is 0. The molecule has 1 fully saturated rings. The van der Waals surface area contributed by atoms with Gasteiger partial charge in [-0.05, 0) is 12.8 Å². The molecule has 0 aliphatic carbocycles. The average Bonchev–Trinajstić information content (AvgIpc) is 2.15. The van der Waals surface area contributed by atoms with Crippen LogP contribution < -0.4 is 11.5 Å². The van der Waals surface area contributed by atoms with Gasteiger partial charge in [0, 0.05) is 13.1 Å². The van der Waals surface area contributed by atoms with Gasteiger partial charge in [-0.25, -0.2) is 4.79 Å². The Bertz CT molecular complexity index is 226. The van der Waals surface area contributed by atoms with Gasteiger partial charge >= 0.3 is 6.09 Å². The fourth-order valence-corrected chi connectivity index (χ4v) is 1.58. The Morgan fingerprint density at radius 3 is 2.14 bits per heavy atom. The van der Waals surface area contributed by atoms with Crippen LogP contribution in [-0.4, -0.2) is 36.2 Å². The summed E-state index contributed by atoms with van der Waals surface area (Å²) in [6.07, 6.45) is 1.10. The molecule has 1 heterocycles. The first kappa shape index (κ1) is 10.8. The molecule has 1 saturated heterocycles. The van der Waals surface area contributed by atoms with Gasteiger partial charge in [0.1, 0.15) is 0 Å². The molecular formula is C8H15N3O3. The SMILES string of the molecule is NC(=O)OC(C(N)=O)N1CCCCC1. The van der Waals surface area contributed by atoms with Crippen LogP contribution in [0.4, 0.5) is 4.79 Å². The smallest absolute Gasteiger partial charge is 0.406 e. The molecule has 4 N–H and O–H groups in total. The van der Waals surface area contributed by atoms with Gasteiger partial charge in [0.05, 0.1) is 0 Å². The van der Waals surface area contributed by atoms with E-state index >= 15 is 0 Å². The van der Waals surface area contributed by atoms with Crippen molar-refractivity contribution < 1.29 is 14.3 Å². The lowest BCUT2D eigenvalue weighted by Gasteiger charge is -2.31. The largest absolute Gasteiger partial charge is 0.421 e. The van der Waals surface area contributed by atoms with Gasteiger partial charge < -0.3 is 16.2 Å². The fraction of sp³-hybridized carbons (Fsp3) is 0.750. The van der Waals surface area contributed by atoms with Crippen LogP contribution in [0.15, 0.2) is 0 Å². The van der Waals surface area contributed by atoms with E-state index in [2.05, 4.69) is 4.74 Å². The third kappa shape index (κ3) is 2.88. The van der Waals surface area contributed by atoms with E-state index in [4.69, 9.17) is 11.5 Å². The molecule has 0 aromatic rings. The molecule has 0 radical (unpaired) electrons. The van der Waals surface area contributed by atoms with Crippen LogP contribution in [0.25, 0.3) is 0 Å². The summed E-state index contributed by atoms with van der Waals surface area (Å²) < 4.78 is 4.64. The molecule has 6 nitrogen and oxygen atoms in total. The molecule has 6 heteroatoms. The number of carbonyl (C=O) groups is 2. The van der Waals surface area contributed by atoms with E-state index in [0.29, 0.717) is 13.1 Å². The number of rotatable bonds is 3. The summed E-state index contributed by atoms with van der Waals surface area (Å²) in [5, 5.41) is 0. The molecular weight excluding hydrogens is 186 g/mol. The number of ether oxygens (including phenoxy) is 1. The van der Waals surface area contributed by atoms with E-state index in [9.17, 15) is 9.59 Å². The van der Waals surface area contributed by atoms with Crippen molar-refractivity contribution in [1.29, 1.82) is 0 Å². The topological polar surface area (TPSA) is 98.6 Å². The number of likely N-dealkylation sites (tertiary alicyclic amines) is 1. The van der Waals surface area contributed by atoms with Crippen molar-refractivity contribution in [2.24, 2.45) is 11.5 Å². The van der Waals surface area contributed by atoms with Gasteiger partial charge in [0.15, 0.2) is 0 Å². The average molecular weight is 201 g/mol. The predicted octanol–water partition coefficient (Wildman–Crippen LogP) is -0.621. The summed E-state index contributed by atoms with van der Waals surface area (Å²) in [6.45, 7) is 1.42. The number of nitrogens with zero attached hydrogens (tertiary/aromatic N) is 1. The van der Waals surface area contributed by atoms with Crippen molar-refractivity contribution >= 4 is 12.0 Å². The van der Waals surface area contributed by atoms with Crippen LogP contribution in [0.1, 0.15) is 19.3 Å². The maximum atomic E-state index is 11.0. The molecule has 0 aromatic heterocycles. The number of primary amides is 2. The maximum Gasteiger partial charge on any atom is 0.406 e. The fourth-order valence-electron chi connectivity index (χ4n) is 1.58. The Hall–Kier alpha value is -1.30. The lowest BCUT2D eigenvalue weighted by atomic mass is 10.1. The molecule has 14 heavy (non-hydrogen) atoms. The molecule has 1 unspecified atom stereocenters. The third-order valence-electron chi connectivity index (χ3n) is 2.19. The minimum atomic E-state index is -1.01. The molecule has 0 spiro atoms. The van der Waals surface area contributed by atoms with Crippen molar-refractivity contribution in [3.63, 3.8) is 0 Å². The lowest BCUT2D eigenvalue weighted by Crippen LogP contribution is -2.50. The minimum Gasteiger partial charge on any atom is -0.421 e. The summed E-state index contributed by atoms with van der Waals surface area (Å²) in [5.74, 6) is -0.675. The van der Waals surface area contributed by atoms with Crippen LogP contribution in [0.2, 0.25) is 0 Å². The summed E-state index contributed by atoms with van der Waals surface area (Å²) in [7, 11) is 0. The second kappa shape index (κ2) is 4.80. The highest BCUT2D eigenvalue weighted by Crippen LogP contribution is 2.12. The first-order valence-electron chi connectivity index (χ1n) is 4.60. The van der Waals surface area contributed by atoms with Crippen LogP contribution in [0, 0.1) is 0 Å². The van der Waals surface area contributed by atoms with E-state index < -0.39 is 18.2 Å². The second-order valence-electron chi connectivity index (χ2n) is 3.29. The number of amides is 2. The minimum absolute atomic E-state index is 0.675.